The van der Waals surface area contributed by atoms with Gasteiger partial charge in [-0.15, -0.1) is 11.3 Å². The molecule has 0 amide bonds. The lowest BCUT2D eigenvalue weighted by molar-refractivity contribution is 0.413. The first-order valence-corrected chi connectivity index (χ1v) is 7.91. The van der Waals surface area contributed by atoms with Gasteiger partial charge in [0, 0.05) is 9.75 Å². The van der Waals surface area contributed by atoms with Crippen molar-refractivity contribution in [2.45, 2.75) is 33.2 Å². The number of hydrogen-bond donors (Lipinski definition) is 1. The lowest BCUT2D eigenvalue weighted by atomic mass is 10.0. The molecule has 3 heteroatoms. The summed E-state index contributed by atoms with van der Waals surface area (Å²) < 4.78 is 5.36. The van der Waals surface area contributed by atoms with Crippen LogP contribution in [0.1, 0.15) is 40.3 Å². The van der Waals surface area contributed by atoms with E-state index in [1.807, 2.05) is 17.4 Å². The third kappa shape index (κ3) is 3.41. The number of methoxy groups -OCH3 is 1. The van der Waals surface area contributed by atoms with Crippen molar-refractivity contribution in [3.8, 4) is 5.75 Å². The fourth-order valence-electron chi connectivity index (χ4n) is 2.42. The molecule has 0 aliphatic carbocycles. The van der Waals surface area contributed by atoms with Crippen LogP contribution in [0.25, 0.3) is 0 Å². The number of rotatable bonds is 6. The van der Waals surface area contributed by atoms with Gasteiger partial charge in [0.15, 0.2) is 0 Å². The molecule has 0 bridgehead atoms. The molecular weight excluding hydrogens is 266 g/mol. The van der Waals surface area contributed by atoms with E-state index in [1.165, 1.54) is 20.9 Å². The summed E-state index contributed by atoms with van der Waals surface area (Å²) >= 11 is 1.88. The summed E-state index contributed by atoms with van der Waals surface area (Å²) in [5.74, 6) is 0.914. The Labute approximate surface area is 125 Å². The summed E-state index contributed by atoms with van der Waals surface area (Å²) in [6.07, 6.45) is 1.13. The first kappa shape index (κ1) is 15.1. The van der Waals surface area contributed by atoms with E-state index in [0.29, 0.717) is 0 Å². The van der Waals surface area contributed by atoms with Crippen LogP contribution in [0.3, 0.4) is 0 Å². The van der Waals surface area contributed by atoms with Gasteiger partial charge < -0.3 is 10.1 Å². The minimum atomic E-state index is 0.253. The van der Waals surface area contributed by atoms with Gasteiger partial charge >= 0.3 is 0 Å². The van der Waals surface area contributed by atoms with Crippen LogP contribution in [0.2, 0.25) is 0 Å². The molecule has 0 fully saturated rings. The average Bonchev–Trinajstić information content (AvgIpc) is 2.78. The second kappa shape index (κ2) is 6.91. The molecule has 2 rings (SSSR count). The van der Waals surface area contributed by atoms with E-state index >= 15 is 0 Å². The van der Waals surface area contributed by atoms with Crippen LogP contribution in [-0.4, -0.2) is 13.7 Å². The summed E-state index contributed by atoms with van der Waals surface area (Å²) in [5, 5.41) is 3.66. The van der Waals surface area contributed by atoms with Gasteiger partial charge in [0.2, 0.25) is 0 Å². The van der Waals surface area contributed by atoms with E-state index in [9.17, 15) is 0 Å². The van der Waals surface area contributed by atoms with E-state index in [2.05, 4.69) is 50.4 Å². The predicted octanol–water partition coefficient (Wildman–Crippen LogP) is 4.46. The Morgan fingerprint density at radius 3 is 2.65 bits per heavy atom. The molecule has 2 aromatic rings. The molecule has 1 unspecified atom stereocenters. The van der Waals surface area contributed by atoms with Crippen molar-refractivity contribution in [2.24, 2.45) is 0 Å². The highest BCUT2D eigenvalue weighted by Crippen LogP contribution is 2.33. The smallest absolute Gasteiger partial charge is 0.119 e. The van der Waals surface area contributed by atoms with E-state index in [4.69, 9.17) is 4.74 Å². The minimum Gasteiger partial charge on any atom is -0.497 e. The first-order chi connectivity index (χ1) is 9.65. The largest absolute Gasteiger partial charge is 0.497 e. The van der Waals surface area contributed by atoms with E-state index in [-0.39, 0.29) is 6.04 Å². The zero-order valence-electron chi connectivity index (χ0n) is 12.7. The lowest BCUT2D eigenvalue weighted by Gasteiger charge is -2.19. The molecule has 108 valence electrons. The van der Waals surface area contributed by atoms with Gasteiger partial charge in [0.1, 0.15) is 5.75 Å². The first-order valence-electron chi connectivity index (χ1n) is 7.10. The van der Waals surface area contributed by atoms with Crippen molar-refractivity contribution in [3.05, 3.63) is 51.2 Å². The summed E-state index contributed by atoms with van der Waals surface area (Å²) in [4.78, 5) is 2.77. The minimum absolute atomic E-state index is 0.253. The number of nitrogens with one attached hydrogen (secondary N) is 1. The summed E-state index contributed by atoms with van der Waals surface area (Å²) in [7, 11) is 1.72. The Bertz CT molecular complexity index is 562. The van der Waals surface area contributed by atoms with Crippen molar-refractivity contribution >= 4 is 11.3 Å². The topological polar surface area (TPSA) is 21.3 Å². The van der Waals surface area contributed by atoms with Gasteiger partial charge in [-0.25, -0.2) is 0 Å². The van der Waals surface area contributed by atoms with Crippen LogP contribution in [0.5, 0.6) is 5.75 Å². The van der Waals surface area contributed by atoms with Crippen LogP contribution in [-0.2, 0) is 0 Å². The second-order valence-electron chi connectivity index (χ2n) is 5.07. The van der Waals surface area contributed by atoms with Crippen molar-refractivity contribution in [2.75, 3.05) is 13.7 Å². The van der Waals surface area contributed by atoms with Crippen molar-refractivity contribution in [1.82, 2.24) is 5.32 Å². The fourth-order valence-corrected chi connectivity index (χ4v) is 3.56. The maximum atomic E-state index is 5.36. The third-order valence-corrected chi connectivity index (χ3v) is 4.58. The number of aryl methyl sites for hydroxylation is 2. The SMILES string of the molecule is CCCNC(c1cccc(OC)c1)c1sc(C)cc1C. The molecule has 0 radical (unpaired) electrons. The highest BCUT2D eigenvalue weighted by atomic mass is 32.1. The summed E-state index contributed by atoms with van der Waals surface area (Å²) in [6, 6.07) is 10.9. The van der Waals surface area contributed by atoms with E-state index in [0.717, 1.165) is 18.7 Å². The van der Waals surface area contributed by atoms with Crippen molar-refractivity contribution in [1.29, 1.82) is 0 Å². The Kier molecular flexibility index (Phi) is 5.21. The molecule has 0 saturated carbocycles. The maximum absolute atomic E-state index is 5.36. The van der Waals surface area contributed by atoms with E-state index < -0.39 is 0 Å². The molecular formula is C17H23NOS. The van der Waals surface area contributed by atoms with Gasteiger partial charge in [-0.1, -0.05) is 19.1 Å². The molecule has 0 spiro atoms. The standard InChI is InChI=1S/C17H23NOS/c1-5-9-18-16(17-12(2)10-13(3)20-17)14-7-6-8-15(11-14)19-4/h6-8,10-11,16,18H,5,9H2,1-4H3. The molecule has 0 aliphatic heterocycles. The normalized spacial score (nSPS) is 12.4. The molecule has 0 aliphatic rings. The van der Waals surface area contributed by atoms with Crippen molar-refractivity contribution in [3.63, 3.8) is 0 Å². The Hall–Kier alpha value is -1.32. The predicted molar refractivity (Wildman–Crippen MR) is 86.9 cm³/mol. The molecule has 1 heterocycles. The Morgan fingerprint density at radius 2 is 2.05 bits per heavy atom. The fraction of sp³-hybridized carbons (Fsp3) is 0.412. The monoisotopic (exact) mass is 289 g/mol. The van der Waals surface area contributed by atoms with Crippen LogP contribution >= 0.6 is 11.3 Å². The molecule has 20 heavy (non-hydrogen) atoms. The molecule has 1 atom stereocenters. The summed E-state index contributed by atoms with van der Waals surface area (Å²) in [5.41, 5.74) is 2.63. The van der Waals surface area contributed by atoms with Crippen molar-refractivity contribution < 1.29 is 4.74 Å². The van der Waals surface area contributed by atoms with Gasteiger partial charge in [0.25, 0.3) is 0 Å². The average molecular weight is 289 g/mol. The molecule has 1 aromatic heterocycles. The number of thiophene rings is 1. The second-order valence-corrected chi connectivity index (χ2v) is 6.36. The maximum Gasteiger partial charge on any atom is 0.119 e. The number of ether oxygens (including phenoxy) is 1. The lowest BCUT2D eigenvalue weighted by Crippen LogP contribution is -2.23. The zero-order chi connectivity index (χ0) is 14.5. The van der Waals surface area contributed by atoms with Crippen LogP contribution in [0.4, 0.5) is 0 Å². The molecule has 1 N–H and O–H groups in total. The molecule has 0 saturated heterocycles. The van der Waals surface area contributed by atoms with Gasteiger partial charge in [-0.2, -0.15) is 0 Å². The summed E-state index contributed by atoms with van der Waals surface area (Å²) in [6.45, 7) is 7.57. The molecule has 1 aromatic carbocycles. The highest BCUT2D eigenvalue weighted by Gasteiger charge is 2.18. The van der Waals surface area contributed by atoms with E-state index in [1.54, 1.807) is 7.11 Å². The highest BCUT2D eigenvalue weighted by molar-refractivity contribution is 7.12. The zero-order valence-corrected chi connectivity index (χ0v) is 13.5. The van der Waals surface area contributed by atoms with Crippen LogP contribution in [0.15, 0.2) is 30.3 Å². The number of hydrogen-bond acceptors (Lipinski definition) is 3. The molecule has 2 nitrogen and oxygen atoms in total. The number of benzene rings is 1. The third-order valence-electron chi connectivity index (χ3n) is 3.37. The van der Waals surface area contributed by atoms with Crippen LogP contribution in [0, 0.1) is 13.8 Å². The van der Waals surface area contributed by atoms with Crippen LogP contribution < -0.4 is 10.1 Å². The Morgan fingerprint density at radius 1 is 1.25 bits per heavy atom. The quantitative estimate of drug-likeness (QED) is 0.847. The Balaban J connectivity index is 2.38. The van der Waals surface area contributed by atoms with Gasteiger partial charge in [0.05, 0.1) is 13.2 Å². The van der Waals surface area contributed by atoms with Gasteiger partial charge in [-0.05, 0) is 56.1 Å². The van der Waals surface area contributed by atoms with Gasteiger partial charge in [-0.3, -0.25) is 0 Å².